The average molecular weight is 369 g/mol. The van der Waals surface area contributed by atoms with E-state index in [9.17, 15) is 9.18 Å². The summed E-state index contributed by atoms with van der Waals surface area (Å²) in [7, 11) is 0. The summed E-state index contributed by atoms with van der Waals surface area (Å²) in [6.07, 6.45) is 3.90. The van der Waals surface area contributed by atoms with E-state index in [1.165, 1.54) is 24.4 Å². The van der Waals surface area contributed by atoms with Crippen molar-refractivity contribution in [1.29, 1.82) is 0 Å². The Kier molecular flexibility index (Phi) is 4.18. The largest absolute Gasteiger partial charge is 0.465 e. The third-order valence-electron chi connectivity index (χ3n) is 5.24. The lowest BCUT2D eigenvalue weighted by Gasteiger charge is -2.36. The summed E-state index contributed by atoms with van der Waals surface area (Å²) in [6.45, 7) is 0.417. The quantitative estimate of drug-likeness (QED) is 0.768. The Labute approximate surface area is 155 Å². The molecule has 0 radical (unpaired) electrons. The van der Waals surface area contributed by atoms with Crippen molar-refractivity contribution >= 4 is 23.3 Å². The Bertz CT molecular complexity index is 915. The van der Waals surface area contributed by atoms with Gasteiger partial charge in [-0.1, -0.05) is 6.42 Å². The van der Waals surface area contributed by atoms with Crippen molar-refractivity contribution in [2.45, 2.75) is 24.8 Å². The van der Waals surface area contributed by atoms with Gasteiger partial charge in [-0.15, -0.1) is 0 Å². The van der Waals surface area contributed by atoms with Crippen LogP contribution in [0.5, 0.6) is 0 Å². The molecule has 1 amide bonds. The van der Waals surface area contributed by atoms with Crippen LogP contribution < -0.4 is 16.8 Å². The number of benzene rings is 1. The number of aromatic nitrogens is 1. The minimum absolute atomic E-state index is 0.0593. The maximum atomic E-state index is 14.7. The summed E-state index contributed by atoms with van der Waals surface area (Å²) in [6, 6.07) is 7.69. The number of ether oxygens (including phenoxy) is 1. The van der Waals surface area contributed by atoms with Crippen LogP contribution in [0.3, 0.4) is 0 Å². The van der Waals surface area contributed by atoms with Gasteiger partial charge in [0.15, 0.2) is 0 Å². The van der Waals surface area contributed by atoms with E-state index in [-0.39, 0.29) is 23.5 Å². The van der Waals surface area contributed by atoms with Crippen LogP contribution in [0, 0.1) is 11.7 Å². The summed E-state index contributed by atoms with van der Waals surface area (Å²) < 4.78 is 20.1. The highest BCUT2D eigenvalue weighted by Gasteiger charge is 2.48. The van der Waals surface area contributed by atoms with E-state index in [0.717, 1.165) is 12.8 Å². The first-order chi connectivity index (χ1) is 13.0. The Balaban J connectivity index is 1.67. The van der Waals surface area contributed by atoms with E-state index in [4.69, 9.17) is 16.2 Å². The molecule has 0 saturated heterocycles. The number of nitrogens with one attached hydrogen (secondary N) is 1. The number of aliphatic imine (C=N–C) groups is 1. The van der Waals surface area contributed by atoms with Gasteiger partial charge in [-0.3, -0.25) is 4.79 Å². The van der Waals surface area contributed by atoms with Crippen LogP contribution in [0.2, 0.25) is 0 Å². The topological polar surface area (TPSA) is 116 Å². The van der Waals surface area contributed by atoms with E-state index in [1.54, 1.807) is 12.1 Å². The number of carbonyl (C=O) groups is 1. The Morgan fingerprint density at radius 1 is 1.30 bits per heavy atom. The fourth-order valence-electron chi connectivity index (χ4n) is 3.93. The van der Waals surface area contributed by atoms with Gasteiger partial charge in [0, 0.05) is 17.2 Å². The molecule has 8 heteroatoms. The number of amidine groups is 1. The Morgan fingerprint density at radius 2 is 2.15 bits per heavy atom. The molecule has 4 rings (SSSR count). The summed E-state index contributed by atoms with van der Waals surface area (Å²) in [4.78, 5) is 20.9. The van der Waals surface area contributed by atoms with Crippen LogP contribution >= 0.6 is 0 Å². The van der Waals surface area contributed by atoms with Crippen molar-refractivity contribution in [3.63, 3.8) is 0 Å². The molecule has 2 atom stereocenters. The number of nitrogen functional groups attached to an aromatic ring is 1. The van der Waals surface area contributed by atoms with Crippen LogP contribution in [0.4, 0.5) is 15.8 Å². The molecule has 5 N–H and O–H groups in total. The number of pyridine rings is 1. The van der Waals surface area contributed by atoms with E-state index in [2.05, 4.69) is 15.3 Å². The van der Waals surface area contributed by atoms with Gasteiger partial charge in [0.1, 0.15) is 17.1 Å². The lowest BCUT2D eigenvalue weighted by atomic mass is 9.80. The molecule has 2 unspecified atom stereocenters. The highest BCUT2D eigenvalue weighted by molar-refractivity contribution is 6.03. The summed E-state index contributed by atoms with van der Waals surface area (Å²) in [5.41, 5.74) is 12.2. The predicted molar refractivity (Wildman–Crippen MR) is 99.6 cm³/mol. The zero-order valence-electron chi connectivity index (χ0n) is 14.6. The van der Waals surface area contributed by atoms with Crippen molar-refractivity contribution in [2.75, 3.05) is 17.7 Å². The van der Waals surface area contributed by atoms with Crippen LogP contribution in [-0.2, 0) is 10.3 Å². The molecule has 1 aliphatic heterocycles. The minimum Gasteiger partial charge on any atom is -0.465 e. The number of nitrogens with two attached hydrogens (primary N) is 2. The number of anilines is 2. The van der Waals surface area contributed by atoms with Gasteiger partial charge in [-0.2, -0.15) is 0 Å². The highest BCUT2D eigenvalue weighted by atomic mass is 19.1. The van der Waals surface area contributed by atoms with E-state index >= 15 is 0 Å². The number of nitrogens with zero attached hydrogens (tertiary/aromatic N) is 2. The van der Waals surface area contributed by atoms with Gasteiger partial charge in [0.05, 0.1) is 18.5 Å². The van der Waals surface area contributed by atoms with Gasteiger partial charge in [0.25, 0.3) is 11.9 Å². The summed E-state index contributed by atoms with van der Waals surface area (Å²) in [5, 5.41) is 2.75. The maximum Gasteiger partial charge on any atom is 0.282 e. The van der Waals surface area contributed by atoms with Gasteiger partial charge in [-0.25, -0.2) is 14.4 Å². The molecule has 1 saturated carbocycles. The number of hydrogen-bond acceptors (Lipinski definition) is 6. The third kappa shape index (κ3) is 3.07. The zero-order chi connectivity index (χ0) is 19.0. The zero-order valence-corrected chi connectivity index (χ0v) is 14.6. The van der Waals surface area contributed by atoms with Gasteiger partial charge >= 0.3 is 0 Å². The van der Waals surface area contributed by atoms with Crippen molar-refractivity contribution in [2.24, 2.45) is 16.6 Å². The normalized spacial score (nSPS) is 23.9. The molecule has 7 nitrogen and oxygen atoms in total. The van der Waals surface area contributed by atoms with Crippen LogP contribution in [-0.4, -0.2) is 23.5 Å². The third-order valence-corrected chi connectivity index (χ3v) is 5.24. The SMILES string of the molecule is NC1=NC2(c3cc(NC(=O)c4ccc(N)cn4)ccc3F)CCCC2CO1. The number of fused-ring (bicyclic) bond motifs is 1. The number of carbonyl (C=O) groups excluding carboxylic acids is 1. The van der Waals surface area contributed by atoms with E-state index < -0.39 is 11.4 Å². The second kappa shape index (κ2) is 6.53. The van der Waals surface area contributed by atoms with Crippen LogP contribution in [0.25, 0.3) is 0 Å². The first-order valence-corrected chi connectivity index (χ1v) is 8.79. The number of halogens is 1. The minimum atomic E-state index is -0.743. The molecule has 140 valence electrons. The van der Waals surface area contributed by atoms with Crippen LogP contribution in [0.15, 0.2) is 41.5 Å². The summed E-state index contributed by atoms with van der Waals surface area (Å²) in [5.74, 6) is -0.712. The molecular formula is C19H20FN5O2. The molecule has 2 aliphatic rings. The number of amides is 1. The van der Waals surface area contributed by atoms with E-state index in [1.807, 2.05) is 0 Å². The smallest absolute Gasteiger partial charge is 0.282 e. The molecular weight excluding hydrogens is 349 g/mol. The molecule has 0 bridgehead atoms. The fourth-order valence-corrected chi connectivity index (χ4v) is 3.93. The monoisotopic (exact) mass is 369 g/mol. The molecule has 0 spiro atoms. The van der Waals surface area contributed by atoms with Gasteiger partial charge < -0.3 is 21.5 Å². The fraction of sp³-hybridized carbons (Fsp3) is 0.316. The van der Waals surface area contributed by atoms with Crippen molar-refractivity contribution in [3.05, 3.63) is 53.6 Å². The standard InChI is InChI=1S/C19H20FN5O2/c20-15-5-4-13(24-17(26)16-6-3-12(21)9-23-16)8-14(15)19-7-1-2-11(19)10-27-18(22)25-19/h3-6,8-9,11H,1-2,7,10,21H2,(H2,22,25)(H,24,26). The number of rotatable bonds is 3. The average Bonchev–Trinajstić information content (AvgIpc) is 3.07. The van der Waals surface area contributed by atoms with Gasteiger partial charge in [-0.05, 0) is 43.2 Å². The molecule has 1 aliphatic carbocycles. The lowest BCUT2D eigenvalue weighted by molar-refractivity contribution is 0.102. The van der Waals surface area contributed by atoms with Crippen molar-refractivity contribution < 1.29 is 13.9 Å². The van der Waals surface area contributed by atoms with E-state index in [0.29, 0.717) is 30.0 Å². The maximum absolute atomic E-state index is 14.7. The van der Waals surface area contributed by atoms with Gasteiger partial charge in [0.2, 0.25) is 0 Å². The second-order valence-corrected chi connectivity index (χ2v) is 6.90. The highest BCUT2D eigenvalue weighted by Crippen LogP contribution is 2.49. The molecule has 2 aromatic rings. The number of hydrogen-bond donors (Lipinski definition) is 3. The molecule has 1 aromatic carbocycles. The van der Waals surface area contributed by atoms with Crippen LogP contribution in [0.1, 0.15) is 35.3 Å². The Hall–Kier alpha value is -3.16. The first-order valence-electron chi connectivity index (χ1n) is 8.79. The Morgan fingerprint density at radius 3 is 2.93 bits per heavy atom. The second-order valence-electron chi connectivity index (χ2n) is 6.90. The molecule has 2 heterocycles. The summed E-state index contributed by atoms with van der Waals surface area (Å²) >= 11 is 0. The lowest BCUT2D eigenvalue weighted by Crippen LogP contribution is -2.41. The predicted octanol–water partition coefficient (Wildman–Crippen LogP) is 2.40. The molecule has 1 fully saturated rings. The van der Waals surface area contributed by atoms with Crippen molar-refractivity contribution in [3.8, 4) is 0 Å². The first kappa shape index (κ1) is 17.3. The molecule has 27 heavy (non-hydrogen) atoms. The van der Waals surface area contributed by atoms with Crippen molar-refractivity contribution in [1.82, 2.24) is 4.98 Å². The molecule has 1 aromatic heterocycles.